The molecule has 0 aliphatic carbocycles. The SMILES string of the molecule is CCCC(=O)C(C)(C)N1CCOCC1. The maximum absolute atomic E-state index is 11.9. The smallest absolute Gasteiger partial charge is 0.152 e. The molecule has 1 aliphatic rings. The van der Waals surface area contributed by atoms with Crippen molar-refractivity contribution in [1.82, 2.24) is 4.90 Å². The quantitative estimate of drug-likeness (QED) is 0.686. The number of carbonyl (C=O) groups excluding carboxylic acids is 1. The first kappa shape index (κ1) is 11.7. The largest absolute Gasteiger partial charge is 0.379 e. The summed E-state index contributed by atoms with van der Waals surface area (Å²) < 4.78 is 5.28. The number of morpholine rings is 1. The number of nitrogens with zero attached hydrogens (tertiary/aromatic N) is 1. The van der Waals surface area contributed by atoms with Crippen LogP contribution in [0.1, 0.15) is 33.6 Å². The lowest BCUT2D eigenvalue weighted by atomic mass is 9.93. The Bertz CT molecular complexity index is 195. The van der Waals surface area contributed by atoms with Crippen LogP contribution in [0.15, 0.2) is 0 Å². The number of rotatable bonds is 4. The van der Waals surface area contributed by atoms with Gasteiger partial charge in [-0.2, -0.15) is 0 Å². The van der Waals surface area contributed by atoms with Gasteiger partial charge >= 0.3 is 0 Å². The molecule has 0 spiro atoms. The Morgan fingerprint density at radius 1 is 1.36 bits per heavy atom. The van der Waals surface area contributed by atoms with E-state index in [4.69, 9.17) is 4.74 Å². The molecular formula is C11H21NO2. The van der Waals surface area contributed by atoms with Gasteiger partial charge in [-0.15, -0.1) is 0 Å². The first-order valence-corrected chi connectivity index (χ1v) is 5.45. The first-order valence-electron chi connectivity index (χ1n) is 5.45. The fraction of sp³-hybridized carbons (Fsp3) is 0.909. The number of hydrogen-bond acceptors (Lipinski definition) is 3. The maximum atomic E-state index is 11.9. The third-order valence-electron chi connectivity index (χ3n) is 2.96. The highest BCUT2D eigenvalue weighted by atomic mass is 16.5. The third-order valence-corrected chi connectivity index (χ3v) is 2.96. The molecule has 1 rings (SSSR count). The van der Waals surface area contributed by atoms with Crippen molar-refractivity contribution >= 4 is 5.78 Å². The summed E-state index contributed by atoms with van der Waals surface area (Å²) in [6.45, 7) is 9.36. The topological polar surface area (TPSA) is 29.5 Å². The summed E-state index contributed by atoms with van der Waals surface area (Å²) in [7, 11) is 0. The molecule has 82 valence electrons. The predicted octanol–water partition coefficient (Wildman–Crippen LogP) is 1.47. The fourth-order valence-corrected chi connectivity index (χ4v) is 1.83. The molecule has 14 heavy (non-hydrogen) atoms. The van der Waals surface area contributed by atoms with Crippen LogP contribution in [0.25, 0.3) is 0 Å². The van der Waals surface area contributed by atoms with Crippen LogP contribution in [0.4, 0.5) is 0 Å². The number of hydrogen-bond donors (Lipinski definition) is 0. The second-order valence-corrected chi connectivity index (χ2v) is 4.33. The Morgan fingerprint density at radius 3 is 2.43 bits per heavy atom. The highest BCUT2D eigenvalue weighted by molar-refractivity contribution is 5.87. The Morgan fingerprint density at radius 2 is 1.93 bits per heavy atom. The van der Waals surface area contributed by atoms with Gasteiger partial charge in [0.25, 0.3) is 0 Å². The van der Waals surface area contributed by atoms with Gasteiger partial charge < -0.3 is 4.74 Å². The summed E-state index contributed by atoms with van der Waals surface area (Å²) in [6, 6.07) is 0. The number of ketones is 1. The van der Waals surface area contributed by atoms with Crippen molar-refractivity contribution in [2.24, 2.45) is 0 Å². The molecule has 0 atom stereocenters. The molecule has 0 unspecified atom stereocenters. The minimum absolute atomic E-state index is 0.306. The summed E-state index contributed by atoms with van der Waals surface area (Å²) in [6.07, 6.45) is 1.62. The zero-order valence-electron chi connectivity index (χ0n) is 9.51. The molecule has 0 bridgehead atoms. The lowest BCUT2D eigenvalue weighted by Crippen LogP contribution is -2.54. The average molecular weight is 199 g/mol. The van der Waals surface area contributed by atoms with E-state index in [1.165, 1.54) is 0 Å². The zero-order valence-corrected chi connectivity index (χ0v) is 9.51. The molecule has 0 aromatic rings. The summed E-state index contributed by atoms with van der Waals surface area (Å²) >= 11 is 0. The second kappa shape index (κ2) is 4.89. The minimum Gasteiger partial charge on any atom is -0.379 e. The van der Waals surface area contributed by atoms with Crippen molar-refractivity contribution in [1.29, 1.82) is 0 Å². The van der Waals surface area contributed by atoms with Crippen LogP contribution in [-0.2, 0) is 9.53 Å². The van der Waals surface area contributed by atoms with E-state index >= 15 is 0 Å². The lowest BCUT2D eigenvalue weighted by molar-refractivity contribution is -0.132. The first-order chi connectivity index (χ1) is 6.59. The van der Waals surface area contributed by atoms with Gasteiger partial charge in [-0.1, -0.05) is 6.92 Å². The van der Waals surface area contributed by atoms with Crippen molar-refractivity contribution in [2.75, 3.05) is 26.3 Å². The van der Waals surface area contributed by atoms with Crippen LogP contribution < -0.4 is 0 Å². The van der Waals surface area contributed by atoms with Crippen molar-refractivity contribution < 1.29 is 9.53 Å². The van der Waals surface area contributed by atoms with Crippen LogP contribution in [0.3, 0.4) is 0 Å². The van der Waals surface area contributed by atoms with Crippen molar-refractivity contribution in [2.45, 2.75) is 39.2 Å². The highest BCUT2D eigenvalue weighted by Gasteiger charge is 2.34. The fourth-order valence-electron chi connectivity index (χ4n) is 1.83. The Hall–Kier alpha value is -0.410. The van der Waals surface area contributed by atoms with E-state index < -0.39 is 0 Å². The highest BCUT2D eigenvalue weighted by Crippen LogP contribution is 2.19. The van der Waals surface area contributed by atoms with E-state index in [1.54, 1.807) is 0 Å². The zero-order chi connectivity index (χ0) is 10.6. The maximum Gasteiger partial charge on any atom is 0.152 e. The normalized spacial score (nSPS) is 19.6. The van der Waals surface area contributed by atoms with Crippen LogP contribution >= 0.6 is 0 Å². The molecule has 1 heterocycles. The van der Waals surface area contributed by atoms with Crippen molar-refractivity contribution in [3.05, 3.63) is 0 Å². The van der Waals surface area contributed by atoms with Crippen LogP contribution in [0.5, 0.6) is 0 Å². The van der Waals surface area contributed by atoms with Crippen molar-refractivity contribution in [3.8, 4) is 0 Å². The van der Waals surface area contributed by atoms with E-state index in [1.807, 2.05) is 20.8 Å². The van der Waals surface area contributed by atoms with Crippen molar-refractivity contribution in [3.63, 3.8) is 0 Å². The van der Waals surface area contributed by atoms with Crippen LogP contribution in [-0.4, -0.2) is 42.5 Å². The number of Topliss-reactive ketones (excluding diaryl/α,β-unsaturated/α-hetero) is 1. The summed E-state index contributed by atoms with van der Waals surface area (Å²) in [5.74, 6) is 0.349. The van der Waals surface area contributed by atoms with Crippen LogP contribution in [0, 0.1) is 0 Å². The van der Waals surface area contributed by atoms with Gasteiger partial charge in [0.15, 0.2) is 5.78 Å². The molecule has 1 saturated heterocycles. The predicted molar refractivity (Wildman–Crippen MR) is 56.4 cm³/mol. The molecule has 0 radical (unpaired) electrons. The van der Waals surface area contributed by atoms with E-state index in [0.29, 0.717) is 12.2 Å². The van der Waals surface area contributed by atoms with E-state index in [2.05, 4.69) is 4.90 Å². The standard InChI is InChI=1S/C11H21NO2/c1-4-5-10(13)11(2,3)12-6-8-14-9-7-12/h4-9H2,1-3H3. The monoisotopic (exact) mass is 199 g/mol. The van der Waals surface area contributed by atoms with E-state index in [9.17, 15) is 4.79 Å². The van der Waals surface area contributed by atoms with Gasteiger partial charge in [-0.05, 0) is 20.3 Å². The third kappa shape index (κ3) is 2.55. The lowest BCUT2D eigenvalue weighted by Gasteiger charge is -2.39. The molecule has 0 aromatic carbocycles. The minimum atomic E-state index is -0.306. The molecule has 1 aliphatic heterocycles. The molecule has 3 heteroatoms. The molecule has 0 saturated carbocycles. The summed E-state index contributed by atoms with van der Waals surface area (Å²) in [5.41, 5.74) is -0.306. The number of ether oxygens (including phenoxy) is 1. The Labute approximate surface area is 86.4 Å². The van der Waals surface area contributed by atoms with Gasteiger partial charge in [0.05, 0.1) is 18.8 Å². The molecule has 1 fully saturated rings. The van der Waals surface area contributed by atoms with Gasteiger partial charge in [0, 0.05) is 19.5 Å². The van der Waals surface area contributed by atoms with E-state index in [-0.39, 0.29) is 5.54 Å². The van der Waals surface area contributed by atoms with Gasteiger partial charge in [0.1, 0.15) is 0 Å². The Kier molecular flexibility index (Phi) is 4.08. The van der Waals surface area contributed by atoms with Gasteiger partial charge in [0.2, 0.25) is 0 Å². The van der Waals surface area contributed by atoms with Gasteiger partial charge in [-0.3, -0.25) is 9.69 Å². The molecule has 3 nitrogen and oxygen atoms in total. The molecule has 0 amide bonds. The van der Waals surface area contributed by atoms with Gasteiger partial charge in [-0.25, -0.2) is 0 Å². The Balaban J connectivity index is 2.57. The average Bonchev–Trinajstić information content (AvgIpc) is 2.19. The molecule has 0 aromatic heterocycles. The summed E-state index contributed by atoms with van der Waals surface area (Å²) in [5, 5.41) is 0. The summed E-state index contributed by atoms with van der Waals surface area (Å²) in [4.78, 5) is 14.1. The molecular weight excluding hydrogens is 178 g/mol. The second-order valence-electron chi connectivity index (χ2n) is 4.33. The number of carbonyl (C=O) groups is 1. The van der Waals surface area contributed by atoms with Crippen LogP contribution in [0.2, 0.25) is 0 Å². The molecule has 0 N–H and O–H groups in total. The van der Waals surface area contributed by atoms with E-state index in [0.717, 1.165) is 32.7 Å².